The van der Waals surface area contributed by atoms with E-state index in [4.69, 9.17) is 0 Å². The monoisotopic (exact) mass is 439 g/mol. The predicted octanol–water partition coefficient (Wildman–Crippen LogP) is 2.37. The molecule has 0 aromatic carbocycles. The molecule has 23 heavy (non-hydrogen) atoms. The normalized spacial score (nSPS) is 19.8. The van der Waals surface area contributed by atoms with Crippen molar-refractivity contribution < 1.29 is 0 Å². The molecule has 0 amide bonds. The fourth-order valence-corrected chi connectivity index (χ4v) is 2.96. The number of piperidine rings is 1. The zero-order valence-electron chi connectivity index (χ0n) is 15.8. The molecule has 0 aromatic rings. The maximum atomic E-state index is 4.31. The van der Waals surface area contributed by atoms with Crippen LogP contribution in [0.2, 0.25) is 0 Å². The Morgan fingerprint density at radius 2 is 1.96 bits per heavy atom. The summed E-state index contributed by atoms with van der Waals surface area (Å²) in [4.78, 5) is 9.28. The van der Waals surface area contributed by atoms with Crippen molar-refractivity contribution >= 4 is 29.9 Å². The minimum Gasteiger partial charge on any atom is -0.355 e. The molecular formula is C17H38IN5. The summed E-state index contributed by atoms with van der Waals surface area (Å²) < 4.78 is 0. The molecule has 5 nitrogen and oxygen atoms in total. The van der Waals surface area contributed by atoms with E-state index in [1.165, 1.54) is 32.2 Å². The Hall–Kier alpha value is -0.0800. The van der Waals surface area contributed by atoms with Crippen molar-refractivity contribution in [2.24, 2.45) is 4.99 Å². The van der Waals surface area contributed by atoms with E-state index in [0.717, 1.165) is 38.2 Å². The molecule has 1 atom stereocenters. The SMILES string of the molecule is CCC1CCCCN1CCNC(=NC)NCCN(C)C(C)C.I. The Labute approximate surface area is 160 Å². The minimum atomic E-state index is 0. The van der Waals surface area contributed by atoms with Crippen LogP contribution in [0.15, 0.2) is 4.99 Å². The number of guanidine groups is 1. The molecule has 0 bridgehead atoms. The van der Waals surface area contributed by atoms with Gasteiger partial charge >= 0.3 is 0 Å². The number of nitrogens with one attached hydrogen (secondary N) is 2. The lowest BCUT2D eigenvalue weighted by atomic mass is 10.0. The minimum absolute atomic E-state index is 0. The number of halogens is 1. The van der Waals surface area contributed by atoms with E-state index in [9.17, 15) is 0 Å². The van der Waals surface area contributed by atoms with Crippen LogP contribution >= 0.6 is 24.0 Å². The first-order valence-corrected chi connectivity index (χ1v) is 8.97. The van der Waals surface area contributed by atoms with E-state index in [0.29, 0.717) is 6.04 Å². The third-order valence-corrected chi connectivity index (χ3v) is 4.77. The highest BCUT2D eigenvalue weighted by Gasteiger charge is 2.19. The van der Waals surface area contributed by atoms with Gasteiger partial charge in [-0.25, -0.2) is 0 Å². The van der Waals surface area contributed by atoms with E-state index in [1.54, 1.807) is 0 Å². The van der Waals surface area contributed by atoms with Crippen molar-refractivity contribution in [3.8, 4) is 0 Å². The maximum Gasteiger partial charge on any atom is 0.191 e. The number of hydrogen-bond donors (Lipinski definition) is 2. The quantitative estimate of drug-likeness (QED) is 0.346. The number of hydrogen-bond acceptors (Lipinski definition) is 3. The number of likely N-dealkylation sites (N-methyl/N-ethyl adjacent to an activating group) is 1. The van der Waals surface area contributed by atoms with Gasteiger partial charge in [-0.1, -0.05) is 13.3 Å². The van der Waals surface area contributed by atoms with Gasteiger partial charge in [0.2, 0.25) is 0 Å². The van der Waals surface area contributed by atoms with Crippen molar-refractivity contribution in [3.05, 3.63) is 0 Å². The highest BCUT2D eigenvalue weighted by molar-refractivity contribution is 14.0. The molecule has 0 aromatic heterocycles. The standard InChI is InChI=1S/C17H37N5.HI/c1-6-16-9-7-8-12-22(16)14-11-20-17(18-4)19-10-13-21(5)15(2)3;/h15-16H,6-14H2,1-5H3,(H2,18,19,20);1H. The molecule has 0 aliphatic carbocycles. The van der Waals surface area contributed by atoms with Crippen LogP contribution < -0.4 is 10.6 Å². The van der Waals surface area contributed by atoms with Crippen LogP contribution in [0.1, 0.15) is 46.5 Å². The fourth-order valence-electron chi connectivity index (χ4n) is 2.96. The van der Waals surface area contributed by atoms with Crippen LogP contribution in [0.25, 0.3) is 0 Å². The maximum absolute atomic E-state index is 4.31. The zero-order chi connectivity index (χ0) is 16.4. The third kappa shape index (κ3) is 9.10. The molecule has 1 fully saturated rings. The summed E-state index contributed by atoms with van der Waals surface area (Å²) in [5.74, 6) is 0.919. The molecule has 1 aliphatic heterocycles. The smallest absolute Gasteiger partial charge is 0.191 e. The van der Waals surface area contributed by atoms with E-state index in [2.05, 4.69) is 53.2 Å². The van der Waals surface area contributed by atoms with Crippen LogP contribution in [-0.2, 0) is 0 Å². The Morgan fingerprint density at radius 1 is 1.26 bits per heavy atom. The molecule has 1 aliphatic rings. The molecule has 2 N–H and O–H groups in total. The second-order valence-electron chi connectivity index (χ2n) is 6.59. The van der Waals surface area contributed by atoms with Gasteiger partial charge in [0.25, 0.3) is 0 Å². The summed E-state index contributed by atoms with van der Waals surface area (Å²) in [7, 11) is 4.00. The Kier molecular flexibility index (Phi) is 13.2. The average molecular weight is 439 g/mol. The lowest BCUT2D eigenvalue weighted by molar-refractivity contribution is 0.147. The number of nitrogens with zero attached hydrogens (tertiary/aromatic N) is 3. The highest BCUT2D eigenvalue weighted by Crippen LogP contribution is 2.18. The lowest BCUT2D eigenvalue weighted by Gasteiger charge is -2.35. The Balaban J connectivity index is 0.00000484. The predicted molar refractivity (Wildman–Crippen MR) is 112 cm³/mol. The molecular weight excluding hydrogens is 401 g/mol. The number of aliphatic imine (C=N–C) groups is 1. The summed E-state index contributed by atoms with van der Waals surface area (Å²) in [6, 6.07) is 1.37. The summed E-state index contributed by atoms with van der Waals surface area (Å²) in [6.07, 6.45) is 5.39. The van der Waals surface area contributed by atoms with Crippen LogP contribution in [0.4, 0.5) is 0 Å². The van der Waals surface area contributed by atoms with Crippen molar-refractivity contribution in [3.63, 3.8) is 0 Å². The van der Waals surface area contributed by atoms with E-state index >= 15 is 0 Å². The number of rotatable bonds is 8. The number of likely N-dealkylation sites (tertiary alicyclic amines) is 1. The molecule has 138 valence electrons. The highest BCUT2D eigenvalue weighted by atomic mass is 127. The fraction of sp³-hybridized carbons (Fsp3) is 0.941. The molecule has 0 saturated carbocycles. The van der Waals surface area contributed by atoms with E-state index < -0.39 is 0 Å². The van der Waals surface area contributed by atoms with E-state index in [1.807, 2.05) is 7.05 Å². The van der Waals surface area contributed by atoms with Crippen LogP contribution in [-0.4, -0.2) is 74.7 Å². The van der Waals surface area contributed by atoms with Gasteiger partial charge in [-0.15, -0.1) is 24.0 Å². The summed E-state index contributed by atoms with van der Waals surface area (Å²) in [6.45, 7) is 12.0. The third-order valence-electron chi connectivity index (χ3n) is 4.77. The van der Waals surface area contributed by atoms with Gasteiger partial charge in [0.15, 0.2) is 5.96 Å². The van der Waals surface area contributed by atoms with Crippen LogP contribution in [0, 0.1) is 0 Å². The van der Waals surface area contributed by atoms with Crippen LogP contribution in [0.3, 0.4) is 0 Å². The largest absolute Gasteiger partial charge is 0.355 e. The van der Waals surface area contributed by atoms with Crippen molar-refractivity contribution in [2.45, 2.75) is 58.5 Å². The van der Waals surface area contributed by atoms with Crippen LogP contribution in [0.5, 0.6) is 0 Å². The van der Waals surface area contributed by atoms with Gasteiger partial charge in [-0.05, 0) is 46.7 Å². The molecule has 0 radical (unpaired) electrons. The van der Waals surface area contributed by atoms with Crippen molar-refractivity contribution in [2.75, 3.05) is 46.8 Å². The van der Waals surface area contributed by atoms with Gasteiger partial charge in [0, 0.05) is 45.3 Å². The lowest BCUT2D eigenvalue weighted by Crippen LogP contribution is -2.47. The average Bonchev–Trinajstić information content (AvgIpc) is 2.53. The first-order valence-electron chi connectivity index (χ1n) is 8.97. The van der Waals surface area contributed by atoms with Crippen molar-refractivity contribution in [1.29, 1.82) is 0 Å². The molecule has 1 heterocycles. The van der Waals surface area contributed by atoms with Gasteiger partial charge in [-0.2, -0.15) is 0 Å². The second kappa shape index (κ2) is 13.2. The van der Waals surface area contributed by atoms with Gasteiger partial charge < -0.3 is 15.5 Å². The van der Waals surface area contributed by atoms with Gasteiger partial charge in [-0.3, -0.25) is 9.89 Å². The first kappa shape index (κ1) is 22.9. The molecule has 1 rings (SSSR count). The molecule has 0 spiro atoms. The first-order chi connectivity index (χ1) is 10.6. The van der Waals surface area contributed by atoms with Gasteiger partial charge in [0.05, 0.1) is 0 Å². The summed E-state index contributed by atoms with van der Waals surface area (Å²) >= 11 is 0. The Morgan fingerprint density at radius 3 is 2.57 bits per heavy atom. The van der Waals surface area contributed by atoms with Crippen molar-refractivity contribution in [1.82, 2.24) is 20.4 Å². The van der Waals surface area contributed by atoms with E-state index in [-0.39, 0.29) is 24.0 Å². The molecule has 6 heteroatoms. The summed E-state index contributed by atoms with van der Waals surface area (Å²) in [5, 5.41) is 6.84. The topological polar surface area (TPSA) is 42.9 Å². The molecule has 1 saturated heterocycles. The second-order valence-corrected chi connectivity index (χ2v) is 6.59. The van der Waals surface area contributed by atoms with Gasteiger partial charge in [0.1, 0.15) is 0 Å². The molecule has 1 unspecified atom stereocenters. The zero-order valence-corrected chi connectivity index (χ0v) is 18.1. The summed E-state index contributed by atoms with van der Waals surface area (Å²) in [5.41, 5.74) is 0. The Bertz CT molecular complexity index is 322.